The van der Waals surface area contributed by atoms with Crippen LogP contribution < -0.4 is 0 Å². The van der Waals surface area contributed by atoms with Gasteiger partial charge in [0.2, 0.25) is 0 Å². The summed E-state index contributed by atoms with van der Waals surface area (Å²) in [4.78, 5) is 4.41. The van der Waals surface area contributed by atoms with Crippen molar-refractivity contribution in [2.24, 2.45) is 0 Å². The van der Waals surface area contributed by atoms with Gasteiger partial charge in [-0.3, -0.25) is 4.98 Å². The van der Waals surface area contributed by atoms with E-state index in [-0.39, 0.29) is 0 Å². The predicted molar refractivity (Wildman–Crippen MR) is 64.1 cm³/mol. The number of rotatable bonds is 1. The molecule has 0 saturated heterocycles. The van der Waals surface area contributed by atoms with Crippen LogP contribution in [0.1, 0.15) is 31.2 Å². The summed E-state index contributed by atoms with van der Waals surface area (Å²) >= 11 is 0. The summed E-state index contributed by atoms with van der Waals surface area (Å²) in [5.41, 5.74) is 1.34. The van der Waals surface area contributed by atoms with Crippen LogP contribution in [0, 0.1) is 0 Å². The van der Waals surface area contributed by atoms with Gasteiger partial charge in [0.05, 0.1) is 11.1 Å². The highest BCUT2D eigenvalue weighted by atomic mass is 16.3. The quantitative estimate of drug-likeness (QED) is 0.790. The second-order valence-corrected chi connectivity index (χ2v) is 4.66. The summed E-state index contributed by atoms with van der Waals surface area (Å²) in [7, 11) is 0. The summed E-state index contributed by atoms with van der Waals surface area (Å²) in [6.45, 7) is 0. The first kappa shape index (κ1) is 9.79. The molecule has 0 atom stereocenters. The fourth-order valence-electron chi connectivity index (χ4n) is 2.57. The van der Waals surface area contributed by atoms with Gasteiger partial charge in [-0.2, -0.15) is 0 Å². The highest BCUT2D eigenvalue weighted by Crippen LogP contribution is 2.38. The molecule has 3 rings (SSSR count). The molecule has 1 fully saturated rings. The minimum Gasteiger partial charge on any atom is -0.385 e. The Labute approximate surface area is 94.9 Å². The lowest BCUT2D eigenvalue weighted by molar-refractivity contribution is 0.0443. The Morgan fingerprint density at radius 3 is 2.69 bits per heavy atom. The molecule has 1 heterocycles. The van der Waals surface area contributed by atoms with Gasteiger partial charge in [-0.05, 0) is 25.0 Å². The van der Waals surface area contributed by atoms with Gasteiger partial charge in [0, 0.05) is 17.1 Å². The Bertz CT molecular complexity index is 515. The van der Waals surface area contributed by atoms with Crippen LogP contribution in [0.25, 0.3) is 10.9 Å². The smallest absolute Gasteiger partial charge is 0.0911 e. The Hall–Kier alpha value is -1.41. The number of fused-ring (bicyclic) bond motifs is 1. The van der Waals surface area contributed by atoms with Crippen molar-refractivity contribution in [2.45, 2.75) is 31.3 Å². The molecule has 0 aliphatic heterocycles. The standard InChI is InChI=1S/C14H15NO/c16-14(7-3-4-8-14)12-9-11-5-1-2-6-13(11)15-10-12/h1-2,5-6,9-10,16H,3-4,7-8H2. The Morgan fingerprint density at radius 2 is 1.88 bits per heavy atom. The van der Waals surface area contributed by atoms with Crippen molar-refractivity contribution in [3.05, 3.63) is 42.1 Å². The van der Waals surface area contributed by atoms with Crippen molar-refractivity contribution in [1.29, 1.82) is 0 Å². The zero-order valence-electron chi connectivity index (χ0n) is 9.19. The SMILES string of the molecule is OC1(c2cnc3ccccc3c2)CCCC1. The number of hydrogen-bond acceptors (Lipinski definition) is 2. The molecular formula is C14H15NO. The Kier molecular flexibility index (Phi) is 2.18. The van der Waals surface area contributed by atoms with Crippen LogP contribution in [0.3, 0.4) is 0 Å². The van der Waals surface area contributed by atoms with Crippen molar-refractivity contribution in [3.63, 3.8) is 0 Å². The summed E-state index contributed by atoms with van der Waals surface area (Å²) in [5.74, 6) is 0. The van der Waals surface area contributed by atoms with Crippen LogP contribution in [0.2, 0.25) is 0 Å². The average molecular weight is 213 g/mol. The fourth-order valence-corrected chi connectivity index (χ4v) is 2.57. The first-order chi connectivity index (χ1) is 7.78. The number of nitrogens with zero attached hydrogens (tertiary/aromatic N) is 1. The van der Waals surface area contributed by atoms with E-state index in [0.29, 0.717) is 0 Å². The van der Waals surface area contributed by atoms with Gasteiger partial charge < -0.3 is 5.11 Å². The molecule has 2 aromatic rings. The number of benzene rings is 1. The largest absolute Gasteiger partial charge is 0.385 e. The number of aliphatic hydroxyl groups is 1. The van der Waals surface area contributed by atoms with E-state index in [1.807, 2.05) is 30.5 Å². The number of pyridine rings is 1. The third-order valence-electron chi connectivity index (χ3n) is 3.56. The third-order valence-corrected chi connectivity index (χ3v) is 3.56. The summed E-state index contributed by atoms with van der Waals surface area (Å²) in [6.07, 6.45) is 5.79. The average Bonchev–Trinajstić information content (AvgIpc) is 2.77. The normalized spacial score (nSPS) is 19.1. The second-order valence-electron chi connectivity index (χ2n) is 4.66. The van der Waals surface area contributed by atoms with E-state index in [1.165, 1.54) is 0 Å². The monoisotopic (exact) mass is 213 g/mol. The summed E-state index contributed by atoms with van der Waals surface area (Å²) in [5, 5.41) is 11.6. The van der Waals surface area contributed by atoms with E-state index in [9.17, 15) is 5.11 Å². The predicted octanol–water partition coefficient (Wildman–Crippen LogP) is 3.00. The van der Waals surface area contributed by atoms with Gasteiger partial charge in [-0.15, -0.1) is 0 Å². The molecule has 0 bridgehead atoms. The minimum atomic E-state index is -0.628. The second kappa shape index (κ2) is 3.56. The van der Waals surface area contributed by atoms with Gasteiger partial charge >= 0.3 is 0 Å². The van der Waals surface area contributed by atoms with E-state index >= 15 is 0 Å². The number of aromatic nitrogens is 1. The first-order valence-electron chi connectivity index (χ1n) is 5.86. The van der Waals surface area contributed by atoms with Gasteiger partial charge in [0.15, 0.2) is 0 Å². The van der Waals surface area contributed by atoms with Crippen LogP contribution >= 0.6 is 0 Å². The van der Waals surface area contributed by atoms with E-state index in [1.54, 1.807) is 0 Å². The van der Waals surface area contributed by atoms with Crippen molar-refractivity contribution >= 4 is 10.9 Å². The molecular weight excluding hydrogens is 198 g/mol. The number of hydrogen-bond donors (Lipinski definition) is 1. The molecule has 2 heteroatoms. The molecule has 2 nitrogen and oxygen atoms in total. The maximum absolute atomic E-state index is 10.5. The fraction of sp³-hybridized carbons (Fsp3) is 0.357. The maximum Gasteiger partial charge on any atom is 0.0911 e. The summed E-state index contributed by atoms with van der Waals surface area (Å²) < 4.78 is 0. The lowest BCUT2D eigenvalue weighted by Crippen LogP contribution is -2.20. The van der Waals surface area contributed by atoms with Crippen molar-refractivity contribution in [1.82, 2.24) is 4.98 Å². The molecule has 82 valence electrons. The van der Waals surface area contributed by atoms with E-state index in [2.05, 4.69) is 11.1 Å². The van der Waals surface area contributed by atoms with Crippen LogP contribution in [0.5, 0.6) is 0 Å². The minimum absolute atomic E-state index is 0.628. The van der Waals surface area contributed by atoms with Crippen LogP contribution in [0.15, 0.2) is 36.5 Å². The number of para-hydroxylation sites is 1. The molecule has 1 aliphatic rings. The Balaban J connectivity index is 2.11. The lowest BCUT2D eigenvalue weighted by Gasteiger charge is -2.22. The van der Waals surface area contributed by atoms with Gasteiger partial charge in [0.1, 0.15) is 0 Å². The van der Waals surface area contributed by atoms with Gasteiger partial charge in [-0.1, -0.05) is 31.0 Å². The van der Waals surface area contributed by atoms with Gasteiger partial charge in [0.25, 0.3) is 0 Å². The van der Waals surface area contributed by atoms with E-state index in [0.717, 1.165) is 42.1 Å². The molecule has 1 N–H and O–H groups in total. The molecule has 1 aromatic heterocycles. The highest BCUT2D eigenvalue weighted by molar-refractivity contribution is 5.78. The van der Waals surface area contributed by atoms with Crippen molar-refractivity contribution < 1.29 is 5.11 Å². The van der Waals surface area contributed by atoms with E-state index < -0.39 is 5.60 Å². The third kappa shape index (κ3) is 1.50. The topological polar surface area (TPSA) is 33.1 Å². The highest BCUT2D eigenvalue weighted by Gasteiger charge is 2.33. The molecule has 0 spiro atoms. The molecule has 0 amide bonds. The zero-order chi connectivity index (χ0) is 11.0. The van der Waals surface area contributed by atoms with E-state index in [4.69, 9.17) is 0 Å². The molecule has 1 saturated carbocycles. The van der Waals surface area contributed by atoms with Crippen LogP contribution in [-0.2, 0) is 5.60 Å². The first-order valence-corrected chi connectivity index (χ1v) is 5.86. The maximum atomic E-state index is 10.5. The summed E-state index contributed by atoms with van der Waals surface area (Å²) in [6, 6.07) is 10.1. The molecule has 1 aromatic carbocycles. The van der Waals surface area contributed by atoms with Crippen LogP contribution in [-0.4, -0.2) is 10.1 Å². The molecule has 0 radical (unpaired) electrons. The van der Waals surface area contributed by atoms with Crippen molar-refractivity contribution in [3.8, 4) is 0 Å². The molecule has 1 aliphatic carbocycles. The molecule has 0 unspecified atom stereocenters. The van der Waals surface area contributed by atoms with Crippen LogP contribution in [0.4, 0.5) is 0 Å². The Morgan fingerprint density at radius 1 is 1.12 bits per heavy atom. The molecule has 16 heavy (non-hydrogen) atoms. The zero-order valence-corrected chi connectivity index (χ0v) is 9.19. The van der Waals surface area contributed by atoms with Gasteiger partial charge in [-0.25, -0.2) is 0 Å². The van der Waals surface area contributed by atoms with Crippen molar-refractivity contribution in [2.75, 3.05) is 0 Å². The lowest BCUT2D eigenvalue weighted by atomic mass is 9.93.